The number of aliphatic hydroxyl groups excluding tert-OH is 8. The first kappa shape index (κ1) is 71.5. The molecular weight excluding hydrogens is 991 g/mol. The Balaban J connectivity index is 1.71. The lowest BCUT2D eigenvalue weighted by Crippen LogP contribution is -2.65. The maximum absolute atomic E-state index is 13.2. The smallest absolute Gasteiger partial charge is 0.220 e. The van der Waals surface area contributed by atoms with Crippen molar-refractivity contribution in [3.8, 4) is 0 Å². The minimum atomic E-state index is -1.80. The molecule has 14 nitrogen and oxygen atoms in total. The summed E-state index contributed by atoms with van der Waals surface area (Å²) in [6, 6.07) is -0.957. The molecule has 0 spiro atoms. The molecule has 14 heteroatoms. The van der Waals surface area contributed by atoms with E-state index in [1.54, 1.807) is 6.08 Å². The fourth-order valence-electron chi connectivity index (χ4n) is 9.87. The number of hydrogen-bond acceptors (Lipinski definition) is 13. The molecule has 12 atom stereocenters. The van der Waals surface area contributed by atoms with Crippen LogP contribution in [0.1, 0.15) is 232 Å². The van der Waals surface area contributed by atoms with E-state index in [1.165, 1.54) is 135 Å². The van der Waals surface area contributed by atoms with E-state index < -0.39 is 86.8 Å². The highest BCUT2D eigenvalue weighted by Gasteiger charge is 2.51. The summed E-state index contributed by atoms with van der Waals surface area (Å²) in [4.78, 5) is 13.2. The molecule has 78 heavy (non-hydrogen) atoms. The quantitative estimate of drug-likeness (QED) is 0.0204. The average Bonchev–Trinajstić information content (AvgIpc) is 3.47. The molecule has 2 fully saturated rings. The van der Waals surface area contributed by atoms with Gasteiger partial charge in [0.1, 0.15) is 48.8 Å². The van der Waals surface area contributed by atoms with Crippen molar-refractivity contribution in [2.75, 3.05) is 19.8 Å². The van der Waals surface area contributed by atoms with Crippen LogP contribution in [0.2, 0.25) is 0 Å². The summed E-state index contributed by atoms with van der Waals surface area (Å²) in [5.41, 5.74) is 0. The van der Waals surface area contributed by atoms with E-state index >= 15 is 0 Å². The number of hydrogen-bond donors (Lipinski definition) is 9. The van der Waals surface area contributed by atoms with E-state index in [4.69, 9.17) is 18.9 Å². The number of nitrogens with one attached hydrogen (secondary N) is 1. The van der Waals surface area contributed by atoms with Crippen LogP contribution in [0.5, 0.6) is 0 Å². The zero-order chi connectivity index (χ0) is 56.7. The van der Waals surface area contributed by atoms with Gasteiger partial charge in [-0.3, -0.25) is 4.79 Å². The number of rotatable bonds is 49. The first-order valence-corrected chi connectivity index (χ1v) is 31.2. The number of allylic oxidation sites excluding steroid dienone is 11. The van der Waals surface area contributed by atoms with Gasteiger partial charge in [0.25, 0.3) is 0 Å². The van der Waals surface area contributed by atoms with Gasteiger partial charge in [0.05, 0.1) is 32.0 Å². The average molecular weight is 1100 g/mol. The molecule has 1 amide bonds. The Morgan fingerprint density at radius 2 is 0.897 bits per heavy atom. The summed E-state index contributed by atoms with van der Waals surface area (Å²) < 4.78 is 22.7. The Morgan fingerprint density at radius 3 is 1.41 bits per heavy atom. The van der Waals surface area contributed by atoms with Crippen molar-refractivity contribution < 1.29 is 64.6 Å². The molecule has 12 unspecified atom stereocenters. The Kier molecular flexibility index (Phi) is 45.0. The second kappa shape index (κ2) is 49.1. The summed E-state index contributed by atoms with van der Waals surface area (Å²) in [5, 5.41) is 87.0. The number of carbonyl (C=O) groups is 1. The summed E-state index contributed by atoms with van der Waals surface area (Å²) in [6.07, 6.45) is 48.4. The van der Waals surface area contributed by atoms with E-state index in [0.717, 1.165) is 64.2 Å². The second-order valence-corrected chi connectivity index (χ2v) is 21.8. The summed E-state index contributed by atoms with van der Waals surface area (Å²) in [7, 11) is 0. The van der Waals surface area contributed by atoms with Crippen LogP contribution in [0.4, 0.5) is 0 Å². The van der Waals surface area contributed by atoms with E-state index in [1.807, 2.05) is 6.08 Å². The van der Waals surface area contributed by atoms with Crippen molar-refractivity contribution in [3.05, 3.63) is 72.9 Å². The van der Waals surface area contributed by atoms with Gasteiger partial charge in [-0.1, -0.05) is 222 Å². The molecule has 452 valence electrons. The van der Waals surface area contributed by atoms with Gasteiger partial charge in [-0.05, 0) is 77.0 Å². The minimum absolute atomic E-state index is 0.231. The molecule has 9 N–H and O–H groups in total. The lowest BCUT2D eigenvalue weighted by Gasteiger charge is -2.46. The lowest BCUT2D eigenvalue weighted by molar-refractivity contribution is -0.359. The third-order valence-corrected chi connectivity index (χ3v) is 14.9. The zero-order valence-corrected chi connectivity index (χ0v) is 48.6. The molecule has 0 aromatic rings. The van der Waals surface area contributed by atoms with E-state index in [2.05, 4.69) is 79.9 Å². The standard InChI is InChI=1S/C64H113NO13/c1-3-5-7-9-11-13-15-17-18-19-20-21-22-23-24-25-26-27-28-29-30-31-32-33-34-36-37-39-41-43-45-47-53(68)52(65-56(69)48-46-44-42-40-38-35-16-14-12-10-8-6-4-2)51-75-63-61(74)59(72)62(55(50-67)77-63)78-64-60(73)58(71)57(70)54(49-66)76-64/h6,8,12,14,32-33,35,37-39,45,47,52-55,57-64,66-68,70-74H,3-5,7,9-11,13,15-31,34,36,40-44,46,48-51H2,1-2H3,(H,65,69)/b8-6-,14-12-,33-32+,38-35-,39-37+,47-45+. The topological polar surface area (TPSA) is 228 Å². The van der Waals surface area contributed by atoms with E-state index in [9.17, 15) is 45.6 Å². The molecule has 0 aliphatic carbocycles. The van der Waals surface area contributed by atoms with Crippen LogP contribution in [-0.2, 0) is 23.7 Å². The van der Waals surface area contributed by atoms with Gasteiger partial charge >= 0.3 is 0 Å². The summed E-state index contributed by atoms with van der Waals surface area (Å²) in [5.74, 6) is -0.284. The molecular formula is C64H113NO13. The molecule has 0 aromatic carbocycles. The Hall–Kier alpha value is -2.57. The largest absolute Gasteiger partial charge is 0.394 e. The molecule has 2 aliphatic rings. The Morgan fingerprint density at radius 1 is 0.474 bits per heavy atom. The molecule has 2 rings (SSSR count). The molecule has 0 radical (unpaired) electrons. The summed E-state index contributed by atoms with van der Waals surface area (Å²) in [6.45, 7) is 2.63. The number of aliphatic hydroxyl groups is 8. The van der Waals surface area contributed by atoms with Gasteiger partial charge in [0, 0.05) is 6.42 Å². The molecule has 2 saturated heterocycles. The Bertz CT molecular complexity index is 1580. The van der Waals surface area contributed by atoms with Crippen molar-refractivity contribution in [1.29, 1.82) is 0 Å². The highest BCUT2D eigenvalue weighted by Crippen LogP contribution is 2.30. The van der Waals surface area contributed by atoms with Crippen molar-refractivity contribution in [2.24, 2.45) is 0 Å². The SMILES string of the molecule is CC/C=C\C/C=C\C/C=C\CCCCCC(=O)NC(COC1OC(CO)C(OC2OC(CO)C(O)C(O)C2O)C(O)C1O)C(O)/C=C/CC/C=C/CC/C=C/CCCCCCCCCCCCCCCCCCCCCCC. The fraction of sp³-hybridized carbons (Fsp3) is 0.797. The van der Waals surface area contributed by atoms with E-state index in [0.29, 0.717) is 12.8 Å². The van der Waals surface area contributed by atoms with Crippen molar-refractivity contribution >= 4 is 5.91 Å². The number of unbranched alkanes of at least 4 members (excludes halogenated alkanes) is 26. The third-order valence-electron chi connectivity index (χ3n) is 14.9. The van der Waals surface area contributed by atoms with Crippen LogP contribution in [-0.4, -0.2) is 140 Å². The van der Waals surface area contributed by atoms with Crippen LogP contribution in [0.25, 0.3) is 0 Å². The van der Waals surface area contributed by atoms with Crippen molar-refractivity contribution in [3.63, 3.8) is 0 Å². The highest BCUT2D eigenvalue weighted by molar-refractivity contribution is 5.76. The highest BCUT2D eigenvalue weighted by atomic mass is 16.7. The molecule has 2 aliphatic heterocycles. The van der Waals surface area contributed by atoms with Crippen LogP contribution < -0.4 is 5.32 Å². The summed E-state index contributed by atoms with van der Waals surface area (Å²) >= 11 is 0. The first-order valence-electron chi connectivity index (χ1n) is 31.2. The number of carbonyl (C=O) groups excluding carboxylic acids is 1. The predicted octanol–water partition coefficient (Wildman–Crippen LogP) is 11.1. The van der Waals surface area contributed by atoms with Crippen LogP contribution >= 0.6 is 0 Å². The lowest BCUT2D eigenvalue weighted by atomic mass is 9.97. The van der Waals surface area contributed by atoms with Gasteiger partial charge in [-0.2, -0.15) is 0 Å². The van der Waals surface area contributed by atoms with Gasteiger partial charge in [0.2, 0.25) is 5.91 Å². The van der Waals surface area contributed by atoms with Crippen LogP contribution in [0.15, 0.2) is 72.9 Å². The fourth-order valence-corrected chi connectivity index (χ4v) is 9.87. The molecule has 0 bridgehead atoms. The predicted molar refractivity (Wildman–Crippen MR) is 313 cm³/mol. The molecule has 0 aromatic heterocycles. The molecule has 0 saturated carbocycles. The maximum atomic E-state index is 13.2. The molecule has 2 heterocycles. The minimum Gasteiger partial charge on any atom is -0.394 e. The van der Waals surface area contributed by atoms with Gasteiger partial charge < -0.3 is 65.1 Å². The third kappa shape index (κ3) is 34.0. The van der Waals surface area contributed by atoms with Gasteiger partial charge in [0.15, 0.2) is 12.6 Å². The normalized spacial score (nSPS) is 25.1. The number of ether oxygens (including phenoxy) is 4. The van der Waals surface area contributed by atoms with E-state index in [-0.39, 0.29) is 18.9 Å². The number of amides is 1. The van der Waals surface area contributed by atoms with Gasteiger partial charge in [-0.15, -0.1) is 0 Å². The van der Waals surface area contributed by atoms with Crippen molar-refractivity contribution in [1.82, 2.24) is 5.32 Å². The zero-order valence-electron chi connectivity index (χ0n) is 48.6. The first-order chi connectivity index (χ1) is 38.1. The van der Waals surface area contributed by atoms with Crippen molar-refractivity contribution in [2.45, 2.75) is 306 Å². The second-order valence-electron chi connectivity index (χ2n) is 21.8. The van der Waals surface area contributed by atoms with Crippen LogP contribution in [0, 0.1) is 0 Å². The maximum Gasteiger partial charge on any atom is 0.220 e. The van der Waals surface area contributed by atoms with Gasteiger partial charge in [-0.25, -0.2) is 0 Å². The monoisotopic (exact) mass is 1100 g/mol. The van der Waals surface area contributed by atoms with Crippen LogP contribution in [0.3, 0.4) is 0 Å². The Labute approximate surface area is 472 Å².